The maximum absolute atomic E-state index is 12.6. The van der Waals surface area contributed by atoms with Gasteiger partial charge in [0.2, 0.25) is 5.91 Å². The minimum absolute atomic E-state index is 0.00856. The summed E-state index contributed by atoms with van der Waals surface area (Å²) in [6, 6.07) is 10.1. The van der Waals surface area contributed by atoms with E-state index in [9.17, 15) is 4.79 Å². The Morgan fingerprint density at radius 3 is 3.00 bits per heavy atom. The number of hydrogen-bond acceptors (Lipinski definition) is 4. The zero-order valence-corrected chi connectivity index (χ0v) is 15.3. The molecule has 1 spiro atoms. The highest BCUT2D eigenvalue weighted by atomic mass is 16.6. The van der Waals surface area contributed by atoms with Gasteiger partial charge in [0.15, 0.2) is 0 Å². The van der Waals surface area contributed by atoms with Crippen molar-refractivity contribution in [3.05, 3.63) is 60.2 Å². The molecule has 2 saturated heterocycles. The van der Waals surface area contributed by atoms with E-state index in [4.69, 9.17) is 9.47 Å². The summed E-state index contributed by atoms with van der Waals surface area (Å²) in [6.45, 7) is 2.55. The summed E-state index contributed by atoms with van der Waals surface area (Å²) in [5.74, 6) is -0.00856. The van der Waals surface area contributed by atoms with Gasteiger partial charge in [-0.05, 0) is 30.9 Å². The van der Waals surface area contributed by atoms with E-state index in [1.807, 2.05) is 23.1 Å². The number of H-pyrrole nitrogens is 1. The Morgan fingerprint density at radius 2 is 2.26 bits per heavy atom. The number of rotatable bonds is 5. The fourth-order valence-electron chi connectivity index (χ4n) is 3.91. The van der Waals surface area contributed by atoms with E-state index in [1.54, 1.807) is 24.7 Å². The van der Waals surface area contributed by atoms with E-state index in [1.165, 1.54) is 0 Å². The lowest BCUT2D eigenvalue weighted by atomic mass is 9.85. The molecule has 2 fully saturated rings. The predicted molar refractivity (Wildman–Crippen MR) is 102 cm³/mol. The molecule has 1 aromatic heterocycles. The number of nitrogens with zero attached hydrogens (tertiary/aromatic N) is 2. The number of benzene rings is 1. The third-order valence-electron chi connectivity index (χ3n) is 5.44. The van der Waals surface area contributed by atoms with Crippen molar-refractivity contribution in [3.63, 3.8) is 0 Å². The van der Waals surface area contributed by atoms with E-state index in [0.29, 0.717) is 19.7 Å². The van der Waals surface area contributed by atoms with Crippen molar-refractivity contribution >= 4 is 12.0 Å². The van der Waals surface area contributed by atoms with Crippen molar-refractivity contribution in [1.29, 1.82) is 0 Å². The number of nitrogens with one attached hydrogen (secondary N) is 1. The number of aromatic amines is 1. The first-order valence-corrected chi connectivity index (χ1v) is 9.50. The van der Waals surface area contributed by atoms with Gasteiger partial charge in [0.05, 0.1) is 30.4 Å². The van der Waals surface area contributed by atoms with Gasteiger partial charge in [0.1, 0.15) is 6.10 Å². The van der Waals surface area contributed by atoms with Crippen LogP contribution in [0.5, 0.6) is 0 Å². The lowest BCUT2D eigenvalue weighted by molar-refractivity contribution is -0.165. The molecule has 6 nitrogen and oxygen atoms in total. The Kier molecular flexibility index (Phi) is 5.36. The molecule has 1 aromatic carbocycles. The lowest BCUT2D eigenvalue weighted by Gasteiger charge is -2.44. The first-order chi connectivity index (χ1) is 13.3. The number of hydrogen-bond donors (Lipinski definition) is 1. The molecule has 142 valence electrons. The lowest BCUT2D eigenvalue weighted by Crippen LogP contribution is -2.57. The second kappa shape index (κ2) is 8.06. The number of carbonyl (C=O) groups excluding carboxylic acids is 1. The second-order valence-electron chi connectivity index (χ2n) is 7.18. The third-order valence-corrected chi connectivity index (χ3v) is 5.44. The highest BCUT2D eigenvalue weighted by Crippen LogP contribution is 2.38. The van der Waals surface area contributed by atoms with Gasteiger partial charge in [-0.2, -0.15) is 0 Å². The van der Waals surface area contributed by atoms with Crippen molar-refractivity contribution in [2.24, 2.45) is 0 Å². The third kappa shape index (κ3) is 4.12. The first-order valence-electron chi connectivity index (χ1n) is 9.50. The second-order valence-corrected chi connectivity index (χ2v) is 7.18. The standard InChI is InChI=1S/C21H25N3O3/c25-20(8-7-18-13-22-16-23-18)24-11-10-21(9-4-12-27-21)19(14-24)26-15-17-5-2-1-3-6-17/h1-3,5-8,13,16,19H,4,9-12,14-15H2,(H,22,23)/b8-7+/t19-,21+/m0/s1. The van der Waals surface area contributed by atoms with Gasteiger partial charge in [-0.3, -0.25) is 4.79 Å². The normalized spacial score (nSPS) is 25.5. The van der Waals surface area contributed by atoms with Crippen LogP contribution in [0.4, 0.5) is 0 Å². The summed E-state index contributed by atoms with van der Waals surface area (Å²) in [4.78, 5) is 21.4. The Labute approximate surface area is 159 Å². The van der Waals surface area contributed by atoms with Crippen LogP contribution in [0.25, 0.3) is 6.08 Å². The minimum atomic E-state index is -0.251. The van der Waals surface area contributed by atoms with Crippen LogP contribution in [-0.2, 0) is 20.9 Å². The van der Waals surface area contributed by atoms with Crippen LogP contribution in [0.15, 0.2) is 48.9 Å². The Morgan fingerprint density at radius 1 is 1.37 bits per heavy atom. The number of likely N-dealkylation sites (tertiary alicyclic amines) is 1. The fourth-order valence-corrected chi connectivity index (χ4v) is 3.91. The van der Waals surface area contributed by atoms with Crippen LogP contribution in [0.3, 0.4) is 0 Å². The average molecular weight is 367 g/mol. The average Bonchev–Trinajstić information content (AvgIpc) is 3.39. The van der Waals surface area contributed by atoms with Crippen molar-refractivity contribution < 1.29 is 14.3 Å². The minimum Gasteiger partial charge on any atom is -0.372 e. The molecule has 0 aliphatic carbocycles. The molecular weight excluding hydrogens is 342 g/mol. The van der Waals surface area contributed by atoms with Crippen LogP contribution in [0.1, 0.15) is 30.5 Å². The zero-order valence-electron chi connectivity index (χ0n) is 15.3. The van der Waals surface area contributed by atoms with Gasteiger partial charge in [0, 0.05) is 25.8 Å². The summed E-state index contributed by atoms with van der Waals surface area (Å²) < 4.78 is 12.4. The van der Waals surface area contributed by atoms with Crippen LogP contribution in [-0.4, -0.2) is 52.2 Å². The summed E-state index contributed by atoms with van der Waals surface area (Å²) in [5.41, 5.74) is 1.69. The van der Waals surface area contributed by atoms with E-state index in [-0.39, 0.29) is 17.6 Å². The monoisotopic (exact) mass is 367 g/mol. The zero-order chi connectivity index (χ0) is 18.5. The molecule has 0 bridgehead atoms. The van der Waals surface area contributed by atoms with Crippen LogP contribution >= 0.6 is 0 Å². The Bertz CT molecular complexity index is 767. The summed E-state index contributed by atoms with van der Waals surface area (Å²) in [7, 11) is 0. The number of carbonyl (C=O) groups is 1. The molecule has 1 N–H and O–H groups in total. The molecule has 3 heterocycles. The van der Waals surface area contributed by atoms with Gasteiger partial charge >= 0.3 is 0 Å². The van der Waals surface area contributed by atoms with Crippen LogP contribution in [0, 0.1) is 0 Å². The number of amides is 1. The molecule has 6 heteroatoms. The van der Waals surface area contributed by atoms with Gasteiger partial charge in [-0.15, -0.1) is 0 Å². The number of piperidine rings is 1. The van der Waals surface area contributed by atoms with Crippen LogP contribution < -0.4 is 0 Å². The number of imidazole rings is 1. The fraction of sp³-hybridized carbons (Fsp3) is 0.429. The molecule has 2 aromatic rings. The van der Waals surface area contributed by atoms with E-state index >= 15 is 0 Å². The smallest absolute Gasteiger partial charge is 0.246 e. The molecule has 1 amide bonds. The maximum Gasteiger partial charge on any atom is 0.246 e. The first kappa shape index (κ1) is 17.9. The molecule has 27 heavy (non-hydrogen) atoms. The Balaban J connectivity index is 1.43. The van der Waals surface area contributed by atoms with Crippen LogP contribution in [0.2, 0.25) is 0 Å². The van der Waals surface area contributed by atoms with Crippen molar-refractivity contribution in [2.75, 3.05) is 19.7 Å². The van der Waals surface area contributed by atoms with Gasteiger partial charge in [-0.1, -0.05) is 30.3 Å². The van der Waals surface area contributed by atoms with E-state index in [0.717, 1.165) is 37.1 Å². The molecular formula is C21H25N3O3. The number of aromatic nitrogens is 2. The number of ether oxygens (including phenoxy) is 2. The maximum atomic E-state index is 12.6. The quantitative estimate of drug-likeness (QED) is 0.825. The molecule has 2 aliphatic rings. The van der Waals surface area contributed by atoms with Crippen molar-refractivity contribution in [2.45, 2.75) is 37.6 Å². The molecule has 2 atom stereocenters. The molecule has 0 unspecified atom stereocenters. The molecule has 4 rings (SSSR count). The predicted octanol–water partition coefficient (Wildman–Crippen LogP) is 2.79. The largest absolute Gasteiger partial charge is 0.372 e. The topological polar surface area (TPSA) is 67.5 Å². The highest BCUT2D eigenvalue weighted by Gasteiger charge is 2.47. The molecule has 0 saturated carbocycles. The van der Waals surface area contributed by atoms with Crippen molar-refractivity contribution in [1.82, 2.24) is 14.9 Å². The summed E-state index contributed by atoms with van der Waals surface area (Å²) >= 11 is 0. The van der Waals surface area contributed by atoms with E-state index in [2.05, 4.69) is 22.1 Å². The summed E-state index contributed by atoms with van der Waals surface area (Å²) in [5, 5.41) is 0. The molecule has 2 aliphatic heterocycles. The van der Waals surface area contributed by atoms with Crippen molar-refractivity contribution in [3.8, 4) is 0 Å². The van der Waals surface area contributed by atoms with Gasteiger partial charge in [0.25, 0.3) is 0 Å². The molecule has 0 radical (unpaired) electrons. The summed E-state index contributed by atoms with van der Waals surface area (Å²) in [6.07, 6.45) is 9.39. The SMILES string of the molecule is O=C(/C=C/c1cnc[nH]1)N1CC[C@]2(CCCO2)[C@@H](OCc2ccccc2)C1. The highest BCUT2D eigenvalue weighted by molar-refractivity contribution is 5.91. The van der Waals surface area contributed by atoms with Gasteiger partial charge in [-0.25, -0.2) is 4.98 Å². The Hall–Kier alpha value is -2.44. The van der Waals surface area contributed by atoms with E-state index < -0.39 is 0 Å². The van der Waals surface area contributed by atoms with Gasteiger partial charge < -0.3 is 19.4 Å².